The number of unbranched alkanes of at least 4 members (excludes halogenated alkanes) is 25. The lowest BCUT2D eigenvalue weighted by Gasteiger charge is -2.46. The Balaban J connectivity index is 1.09. The van der Waals surface area contributed by atoms with Crippen molar-refractivity contribution in [1.29, 1.82) is 0 Å². The maximum absolute atomic E-state index is 13.7. The van der Waals surface area contributed by atoms with Gasteiger partial charge in [-0.15, -0.1) is 0 Å². The lowest BCUT2D eigenvalue weighted by Crippen LogP contribution is -2.64. The van der Waals surface area contributed by atoms with Crippen molar-refractivity contribution in [3.8, 4) is 0 Å². The molecule has 0 radical (unpaired) electrons. The number of amides is 1. The molecule has 6 rings (SSSR count). The van der Waals surface area contributed by atoms with Crippen LogP contribution in [0.4, 0.5) is 0 Å². The van der Waals surface area contributed by atoms with E-state index in [0.717, 1.165) is 77.0 Å². The van der Waals surface area contributed by atoms with Crippen LogP contribution < -0.4 is 5.32 Å². The van der Waals surface area contributed by atoms with E-state index in [0.29, 0.717) is 18.8 Å². The van der Waals surface area contributed by atoms with Crippen molar-refractivity contribution < 1.29 is 169 Å². The maximum atomic E-state index is 13.7. The molecule has 0 aromatic carbocycles. The van der Waals surface area contributed by atoms with Gasteiger partial charge in [0.2, 0.25) is 5.91 Å². The molecule has 111 heavy (non-hydrogen) atoms. The van der Waals surface area contributed by atoms with Crippen LogP contribution in [0.15, 0.2) is 0 Å². The molecule has 22 N–H and O–H groups in total. The van der Waals surface area contributed by atoms with Gasteiger partial charge in [0.25, 0.3) is 0 Å². The number of ether oxygens (including phenoxy) is 12. The molecule has 6 heterocycles. The molecule has 35 nitrogen and oxygen atoms in total. The van der Waals surface area contributed by atoms with Crippen molar-refractivity contribution in [2.24, 2.45) is 5.92 Å². The highest BCUT2D eigenvalue weighted by molar-refractivity contribution is 5.80. The molecule has 0 spiro atoms. The van der Waals surface area contributed by atoms with E-state index in [1.807, 2.05) is 0 Å². The van der Waals surface area contributed by atoms with Crippen molar-refractivity contribution in [1.82, 2.24) is 5.32 Å². The summed E-state index contributed by atoms with van der Waals surface area (Å²) in [6, 6.07) is -1.43. The number of carbonyl (C=O) groups is 1. The van der Waals surface area contributed by atoms with E-state index in [4.69, 9.17) is 56.8 Å². The largest absolute Gasteiger partial charge is 0.394 e. The van der Waals surface area contributed by atoms with Crippen molar-refractivity contribution >= 4 is 5.91 Å². The number of hydrogen-bond donors (Lipinski definition) is 22. The quantitative estimate of drug-likeness (QED) is 0.0290. The van der Waals surface area contributed by atoms with E-state index in [2.05, 4.69) is 26.1 Å². The number of hydrogen-bond acceptors (Lipinski definition) is 34. The van der Waals surface area contributed by atoms with E-state index >= 15 is 0 Å². The van der Waals surface area contributed by atoms with E-state index < -0.39 is 255 Å². The second-order valence-corrected chi connectivity index (χ2v) is 31.4. The van der Waals surface area contributed by atoms with E-state index in [9.17, 15) is 112 Å². The van der Waals surface area contributed by atoms with E-state index in [1.54, 1.807) is 0 Å². The number of nitrogens with one attached hydrogen (secondary N) is 1. The molecule has 6 aliphatic rings. The minimum atomic E-state index is -2.30. The van der Waals surface area contributed by atoms with Crippen molar-refractivity contribution in [2.45, 2.75) is 422 Å². The summed E-state index contributed by atoms with van der Waals surface area (Å²) in [5.74, 6) is -0.175. The predicted octanol–water partition coefficient (Wildman–Crippen LogP) is -2.10. The first-order valence-corrected chi connectivity index (χ1v) is 41.3. The van der Waals surface area contributed by atoms with Gasteiger partial charge in [0.1, 0.15) is 153 Å². The Labute approximate surface area is 652 Å². The third-order valence-corrected chi connectivity index (χ3v) is 22.5. The van der Waals surface area contributed by atoms with Crippen molar-refractivity contribution in [3.05, 3.63) is 0 Å². The normalized spacial score (nSPS) is 36.3. The SMILES string of the molecule is CCCCCCCCCCCCCCCCCCCCCCC(O)C(=O)N[C@@H](CO[C@@H]1O[C@H](CO[C@@H]2OC[C@@H](O)[C@@H](O)[C@@H]2O[C@H]2O[C@H](CO)[C@H](O)[C@H](O[C@@H]3O[C@@H]([C@H](O)CO)[C@H](O[C@H]4O[C@@H]([C@H](O)CO)[C@H](O)[C@H]4O)[C@H]3O[C@H]3O[C@@H]([C@H](O)CO)[C@H](O)[C@H]3O)[C@H]2O)[C@@H](O)[C@H](O)[C@H]1O)[C@H](O)[C@H](O)CCCCCCCCCC(C)CC. The summed E-state index contributed by atoms with van der Waals surface area (Å²) in [7, 11) is 0. The number of aliphatic hydroxyl groups is 21. The van der Waals surface area contributed by atoms with Crippen molar-refractivity contribution in [3.63, 3.8) is 0 Å². The fourth-order valence-electron chi connectivity index (χ4n) is 15.1. The Morgan fingerprint density at radius 3 is 1.32 bits per heavy atom. The van der Waals surface area contributed by atoms with Crippen molar-refractivity contribution in [2.75, 3.05) is 46.2 Å². The highest BCUT2D eigenvalue weighted by atomic mass is 16.8. The molecule has 0 bridgehead atoms. The molecular formula is C76H141NO34. The summed E-state index contributed by atoms with van der Waals surface area (Å²) in [6.45, 7) is 0.390. The van der Waals surface area contributed by atoms with Gasteiger partial charge in [-0.05, 0) is 18.8 Å². The Bertz CT molecular complexity index is 2430. The first-order valence-electron chi connectivity index (χ1n) is 41.3. The van der Waals surface area contributed by atoms with Crippen LogP contribution in [0.2, 0.25) is 0 Å². The number of rotatable bonds is 57. The molecule has 35 heteroatoms. The van der Waals surface area contributed by atoms with Gasteiger partial charge >= 0.3 is 0 Å². The molecule has 6 saturated heterocycles. The molecule has 34 atom stereocenters. The zero-order valence-electron chi connectivity index (χ0n) is 65.2. The van der Waals surface area contributed by atoms with Crippen LogP contribution in [0.25, 0.3) is 0 Å². The van der Waals surface area contributed by atoms with Gasteiger partial charge in [0, 0.05) is 0 Å². The van der Waals surface area contributed by atoms with Crippen LogP contribution in [0.3, 0.4) is 0 Å². The summed E-state index contributed by atoms with van der Waals surface area (Å²) < 4.78 is 70.6. The summed E-state index contributed by atoms with van der Waals surface area (Å²) >= 11 is 0. The molecule has 2 unspecified atom stereocenters. The van der Waals surface area contributed by atoms with Crippen LogP contribution in [0, 0.1) is 5.92 Å². The molecule has 6 aliphatic heterocycles. The topological polar surface area (TPSA) is 565 Å². The molecule has 0 aromatic heterocycles. The third-order valence-electron chi connectivity index (χ3n) is 22.5. The lowest BCUT2D eigenvalue weighted by molar-refractivity contribution is -0.374. The summed E-state index contributed by atoms with van der Waals surface area (Å²) in [5.41, 5.74) is 0. The van der Waals surface area contributed by atoms with Crippen LogP contribution in [-0.2, 0) is 61.6 Å². The van der Waals surface area contributed by atoms with Gasteiger partial charge in [-0.2, -0.15) is 0 Å². The van der Waals surface area contributed by atoms with Gasteiger partial charge in [0.05, 0.1) is 58.4 Å². The zero-order valence-corrected chi connectivity index (χ0v) is 65.2. The van der Waals surface area contributed by atoms with Crippen LogP contribution in [-0.4, -0.2) is 362 Å². The van der Waals surface area contributed by atoms with Gasteiger partial charge in [-0.3, -0.25) is 4.79 Å². The van der Waals surface area contributed by atoms with Crippen LogP contribution in [0.5, 0.6) is 0 Å². The van der Waals surface area contributed by atoms with Gasteiger partial charge in [-0.1, -0.05) is 207 Å². The van der Waals surface area contributed by atoms with Gasteiger partial charge in [-0.25, -0.2) is 0 Å². The Morgan fingerprint density at radius 1 is 0.396 bits per heavy atom. The minimum absolute atomic E-state index is 0.108. The number of carbonyl (C=O) groups excluding carboxylic acids is 1. The van der Waals surface area contributed by atoms with Gasteiger partial charge < -0.3 is 169 Å². The number of aliphatic hydroxyl groups excluding tert-OH is 21. The van der Waals surface area contributed by atoms with Crippen LogP contribution >= 0.6 is 0 Å². The third kappa shape index (κ3) is 30.1. The fraction of sp³-hybridized carbons (Fsp3) is 0.987. The highest BCUT2D eigenvalue weighted by Gasteiger charge is 2.60. The maximum Gasteiger partial charge on any atom is 0.249 e. The lowest BCUT2D eigenvalue weighted by atomic mass is 9.97. The van der Waals surface area contributed by atoms with E-state index in [-0.39, 0.29) is 12.8 Å². The fourth-order valence-corrected chi connectivity index (χ4v) is 15.1. The molecular weight excluding hydrogens is 1470 g/mol. The molecule has 0 saturated carbocycles. The predicted molar refractivity (Wildman–Crippen MR) is 390 cm³/mol. The first kappa shape index (κ1) is 98.0. The Morgan fingerprint density at radius 2 is 0.820 bits per heavy atom. The Hall–Kier alpha value is -1.85. The summed E-state index contributed by atoms with van der Waals surface area (Å²) in [4.78, 5) is 13.7. The standard InChI is InChI=1S/C76H141NO34/c1-4-6-7-8-9-10-11-12-13-14-15-16-17-18-19-20-21-24-28-31-34-45(83)70(99)77-43(52(88)44(82)33-30-27-25-22-23-26-29-32-42(3)5-2)39-100-71-59(95)56(92)54(90)51(104-71)41-102-75-67(53(89)49(87)40-101-75)109-74-62(98)66(55(91)50(38-81)103-74)108-76-69(111-73-61(97)58(94)64(106-73)47(85)36-79)68(65(107-76)48(86)37-80)110-72-60(96)57(93)63(105-72)46(84)35-78/h42-69,71-76,78-98H,4-41H2,1-3H3,(H,77,99)/t42?,43-,44+,45?,46+,47+,48+,49+,50+,51+,52-,53+,54+,55-,56-,57+,58+,59+,60+,61+,62+,63-,64-,65-,66-,67-,68-,69+,71+,72+,73+,74+,75-,76-/m0/s1. The summed E-state index contributed by atoms with van der Waals surface area (Å²) in [5, 5.41) is 233. The van der Waals surface area contributed by atoms with E-state index in [1.165, 1.54) is 96.3 Å². The average molecular weight is 1610 g/mol. The second kappa shape index (κ2) is 52.3. The first-order chi connectivity index (χ1) is 53.3. The molecule has 654 valence electrons. The second-order valence-electron chi connectivity index (χ2n) is 31.4. The monoisotopic (exact) mass is 1610 g/mol. The minimum Gasteiger partial charge on any atom is -0.394 e. The van der Waals surface area contributed by atoms with Gasteiger partial charge in [0.15, 0.2) is 37.7 Å². The molecule has 0 aromatic rings. The Kier molecular flexibility index (Phi) is 46.1. The molecule has 0 aliphatic carbocycles. The highest BCUT2D eigenvalue weighted by Crippen LogP contribution is 2.40. The molecule has 1 amide bonds. The summed E-state index contributed by atoms with van der Waals surface area (Å²) in [6.07, 6.45) is -28.2. The average Bonchev–Trinajstić information content (AvgIpc) is 1.72. The zero-order chi connectivity index (χ0) is 81.3. The molecule has 6 fully saturated rings. The van der Waals surface area contributed by atoms with Crippen LogP contribution in [0.1, 0.15) is 220 Å². The smallest absolute Gasteiger partial charge is 0.249 e.